The molecule has 0 bridgehead atoms. The highest BCUT2D eigenvalue weighted by Gasteiger charge is 2.12. The molecule has 0 saturated carbocycles. The summed E-state index contributed by atoms with van der Waals surface area (Å²) in [4.78, 5) is 24.8. The van der Waals surface area contributed by atoms with E-state index in [9.17, 15) is 9.59 Å². The van der Waals surface area contributed by atoms with Crippen molar-refractivity contribution in [3.8, 4) is 11.1 Å². The van der Waals surface area contributed by atoms with Crippen molar-refractivity contribution in [3.63, 3.8) is 0 Å². The zero-order valence-corrected chi connectivity index (χ0v) is 15.8. The summed E-state index contributed by atoms with van der Waals surface area (Å²) in [5.41, 5.74) is 3.44. The van der Waals surface area contributed by atoms with Crippen LogP contribution in [0.25, 0.3) is 22.1 Å². The maximum Gasteiger partial charge on any atom is 0.344 e. The number of amides is 1. The van der Waals surface area contributed by atoms with Gasteiger partial charge in [-0.2, -0.15) is 0 Å². The van der Waals surface area contributed by atoms with Gasteiger partial charge in [0.2, 0.25) is 0 Å². The highest BCUT2D eigenvalue weighted by Crippen LogP contribution is 2.26. The lowest BCUT2D eigenvalue weighted by Crippen LogP contribution is -2.12. The van der Waals surface area contributed by atoms with Crippen LogP contribution in [0, 0.1) is 6.92 Å². The number of anilines is 1. The van der Waals surface area contributed by atoms with Crippen molar-refractivity contribution >= 4 is 34.2 Å². The van der Waals surface area contributed by atoms with Crippen LogP contribution in [-0.2, 0) is 0 Å². The van der Waals surface area contributed by atoms with Gasteiger partial charge in [-0.15, -0.1) is 0 Å². The van der Waals surface area contributed by atoms with E-state index in [1.807, 2.05) is 43.3 Å². The SMILES string of the molecule is Cc1cc(NC(=O)c2ccc(Cl)cc2)ccc1-c1cc2ccccc2oc1=O. The summed E-state index contributed by atoms with van der Waals surface area (Å²) in [6, 6.07) is 21.3. The first-order valence-electron chi connectivity index (χ1n) is 8.72. The average molecular weight is 390 g/mol. The Balaban J connectivity index is 1.65. The third-order valence-corrected chi connectivity index (χ3v) is 4.77. The van der Waals surface area contributed by atoms with E-state index < -0.39 is 0 Å². The number of rotatable bonds is 3. The molecular weight excluding hydrogens is 374 g/mol. The minimum atomic E-state index is -0.389. The minimum Gasteiger partial charge on any atom is -0.422 e. The predicted molar refractivity (Wildman–Crippen MR) is 112 cm³/mol. The molecule has 0 unspecified atom stereocenters. The van der Waals surface area contributed by atoms with Crippen molar-refractivity contribution in [2.75, 3.05) is 5.32 Å². The van der Waals surface area contributed by atoms with Crippen molar-refractivity contribution in [1.29, 1.82) is 0 Å². The van der Waals surface area contributed by atoms with Crippen molar-refractivity contribution in [1.82, 2.24) is 0 Å². The molecule has 0 fully saturated rings. The Labute approximate surface area is 166 Å². The molecule has 138 valence electrons. The standard InChI is InChI=1S/C23H16ClNO3/c1-14-12-18(25-22(26)15-6-8-17(24)9-7-15)10-11-19(14)20-13-16-4-2-3-5-21(16)28-23(20)27/h2-13H,1H3,(H,25,26). The van der Waals surface area contributed by atoms with Crippen LogP contribution in [0.1, 0.15) is 15.9 Å². The Hall–Kier alpha value is -3.37. The zero-order chi connectivity index (χ0) is 19.7. The Bertz CT molecular complexity index is 1240. The van der Waals surface area contributed by atoms with Gasteiger partial charge in [0, 0.05) is 21.7 Å². The summed E-state index contributed by atoms with van der Waals surface area (Å²) in [7, 11) is 0. The molecule has 0 spiro atoms. The molecule has 4 nitrogen and oxygen atoms in total. The van der Waals surface area contributed by atoms with Crippen LogP contribution in [0.2, 0.25) is 5.02 Å². The molecule has 1 N–H and O–H groups in total. The van der Waals surface area contributed by atoms with Crippen LogP contribution in [0.5, 0.6) is 0 Å². The molecule has 0 saturated heterocycles. The monoisotopic (exact) mass is 389 g/mol. The number of carbonyl (C=O) groups excluding carboxylic acids is 1. The minimum absolute atomic E-state index is 0.228. The zero-order valence-electron chi connectivity index (χ0n) is 15.0. The fourth-order valence-corrected chi connectivity index (χ4v) is 3.22. The molecule has 28 heavy (non-hydrogen) atoms. The van der Waals surface area contributed by atoms with Gasteiger partial charge < -0.3 is 9.73 Å². The number of hydrogen-bond acceptors (Lipinski definition) is 3. The average Bonchev–Trinajstić information content (AvgIpc) is 2.68. The second-order valence-electron chi connectivity index (χ2n) is 6.48. The number of hydrogen-bond donors (Lipinski definition) is 1. The summed E-state index contributed by atoms with van der Waals surface area (Å²) in [6.45, 7) is 1.89. The Morgan fingerprint density at radius 3 is 2.43 bits per heavy atom. The van der Waals surface area contributed by atoms with Gasteiger partial charge >= 0.3 is 5.63 Å². The lowest BCUT2D eigenvalue weighted by molar-refractivity contribution is 0.102. The molecule has 0 atom stereocenters. The highest BCUT2D eigenvalue weighted by atomic mass is 35.5. The second kappa shape index (κ2) is 7.33. The highest BCUT2D eigenvalue weighted by molar-refractivity contribution is 6.30. The van der Waals surface area contributed by atoms with E-state index in [4.69, 9.17) is 16.0 Å². The first kappa shape index (κ1) is 18.0. The van der Waals surface area contributed by atoms with E-state index in [0.717, 1.165) is 16.5 Å². The fourth-order valence-electron chi connectivity index (χ4n) is 3.10. The molecule has 5 heteroatoms. The van der Waals surface area contributed by atoms with Gasteiger partial charge in [-0.1, -0.05) is 35.9 Å². The quantitative estimate of drug-likeness (QED) is 0.459. The molecule has 4 rings (SSSR count). The van der Waals surface area contributed by atoms with Gasteiger partial charge in [0.05, 0.1) is 5.56 Å². The molecule has 0 aliphatic heterocycles. The smallest absolute Gasteiger partial charge is 0.344 e. The number of aryl methyl sites for hydroxylation is 1. The van der Waals surface area contributed by atoms with Crippen molar-refractivity contribution in [3.05, 3.63) is 99.4 Å². The summed E-state index contributed by atoms with van der Waals surface area (Å²) in [5.74, 6) is -0.228. The van der Waals surface area contributed by atoms with Gasteiger partial charge in [-0.3, -0.25) is 4.79 Å². The van der Waals surface area contributed by atoms with Gasteiger partial charge in [0.1, 0.15) is 5.58 Å². The molecule has 0 aliphatic carbocycles. The van der Waals surface area contributed by atoms with Gasteiger partial charge in [0.25, 0.3) is 5.91 Å². The third kappa shape index (κ3) is 3.55. The van der Waals surface area contributed by atoms with Gasteiger partial charge in [-0.05, 0) is 66.6 Å². The largest absolute Gasteiger partial charge is 0.422 e. The Morgan fingerprint density at radius 1 is 0.929 bits per heavy atom. The molecule has 3 aromatic carbocycles. The van der Waals surface area contributed by atoms with E-state index in [0.29, 0.717) is 27.4 Å². The molecular formula is C23H16ClNO3. The molecule has 1 aromatic heterocycles. The molecule has 0 radical (unpaired) electrons. The van der Waals surface area contributed by atoms with Crippen molar-refractivity contribution in [2.45, 2.75) is 6.92 Å². The summed E-state index contributed by atoms with van der Waals surface area (Å²) in [6.07, 6.45) is 0. The van der Waals surface area contributed by atoms with E-state index >= 15 is 0 Å². The first-order chi connectivity index (χ1) is 13.5. The summed E-state index contributed by atoms with van der Waals surface area (Å²) < 4.78 is 5.43. The molecule has 1 heterocycles. The van der Waals surface area contributed by atoms with Crippen molar-refractivity contribution < 1.29 is 9.21 Å². The lowest BCUT2D eigenvalue weighted by Gasteiger charge is -2.10. The second-order valence-corrected chi connectivity index (χ2v) is 6.91. The number of para-hydroxylation sites is 1. The number of carbonyl (C=O) groups is 1. The van der Waals surface area contributed by atoms with Gasteiger partial charge in [0.15, 0.2) is 0 Å². The molecule has 4 aromatic rings. The van der Waals surface area contributed by atoms with E-state index in [-0.39, 0.29) is 11.5 Å². The lowest BCUT2D eigenvalue weighted by atomic mass is 10.0. The predicted octanol–water partition coefficient (Wildman–Crippen LogP) is 5.67. The van der Waals surface area contributed by atoms with Crippen LogP contribution in [0.4, 0.5) is 5.69 Å². The summed E-state index contributed by atoms with van der Waals surface area (Å²) in [5, 5.41) is 4.29. The molecule has 1 amide bonds. The normalized spacial score (nSPS) is 10.8. The fraction of sp³-hybridized carbons (Fsp3) is 0.0435. The first-order valence-corrected chi connectivity index (χ1v) is 9.10. The maximum absolute atomic E-state index is 12.4. The van der Waals surface area contributed by atoms with E-state index in [1.165, 1.54) is 0 Å². The Kier molecular flexibility index (Phi) is 4.72. The number of fused-ring (bicyclic) bond motifs is 1. The third-order valence-electron chi connectivity index (χ3n) is 4.52. The number of nitrogens with one attached hydrogen (secondary N) is 1. The maximum atomic E-state index is 12.4. The number of benzene rings is 3. The van der Waals surface area contributed by atoms with Crippen LogP contribution in [0.3, 0.4) is 0 Å². The van der Waals surface area contributed by atoms with Crippen LogP contribution in [-0.4, -0.2) is 5.91 Å². The molecule has 0 aliphatic rings. The van der Waals surface area contributed by atoms with Gasteiger partial charge in [-0.25, -0.2) is 4.79 Å². The topological polar surface area (TPSA) is 59.3 Å². The van der Waals surface area contributed by atoms with Crippen LogP contribution < -0.4 is 10.9 Å². The Morgan fingerprint density at radius 2 is 1.68 bits per heavy atom. The number of halogens is 1. The van der Waals surface area contributed by atoms with E-state index in [1.54, 1.807) is 36.4 Å². The van der Waals surface area contributed by atoms with Crippen molar-refractivity contribution in [2.24, 2.45) is 0 Å². The van der Waals surface area contributed by atoms with E-state index in [2.05, 4.69) is 5.32 Å². The van der Waals surface area contributed by atoms with Crippen LogP contribution in [0.15, 0.2) is 82.0 Å². The summed E-state index contributed by atoms with van der Waals surface area (Å²) >= 11 is 5.86. The van der Waals surface area contributed by atoms with Crippen LogP contribution >= 0.6 is 11.6 Å².